The van der Waals surface area contributed by atoms with E-state index in [2.05, 4.69) is 16.0 Å². The first-order valence-corrected chi connectivity index (χ1v) is 12.9. The fourth-order valence-corrected chi connectivity index (χ4v) is 3.79. The molecule has 0 fully saturated rings. The molecule has 0 bridgehead atoms. The highest BCUT2D eigenvalue weighted by molar-refractivity contribution is 5.94. The van der Waals surface area contributed by atoms with Gasteiger partial charge in [0, 0.05) is 6.42 Å². The maximum Gasteiger partial charge on any atom is 0.326 e. The average Bonchev–Trinajstić information content (AvgIpc) is 2.86. The van der Waals surface area contributed by atoms with Gasteiger partial charge in [0.2, 0.25) is 17.7 Å². The number of hydrogen-bond donors (Lipinski definition) is 8. The maximum absolute atomic E-state index is 13.1. The van der Waals surface area contributed by atoms with Crippen molar-refractivity contribution in [2.24, 2.45) is 17.4 Å². The molecule has 3 amide bonds. The number of carboxylic acid groups (broad SMARTS) is 2. The van der Waals surface area contributed by atoms with Gasteiger partial charge in [-0.25, -0.2) is 4.79 Å². The lowest BCUT2D eigenvalue weighted by Crippen LogP contribution is -2.57. The molecule has 0 saturated heterocycles. The molecule has 10 N–H and O–H groups in total. The van der Waals surface area contributed by atoms with E-state index in [0.717, 1.165) is 0 Å². The van der Waals surface area contributed by atoms with Crippen LogP contribution in [0.4, 0.5) is 0 Å². The Labute approximate surface area is 227 Å². The molecule has 0 radical (unpaired) electrons. The first-order chi connectivity index (χ1) is 18.3. The second-order valence-electron chi connectivity index (χ2n) is 9.85. The van der Waals surface area contributed by atoms with Crippen LogP contribution in [0.3, 0.4) is 0 Å². The molecule has 0 aliphatic heterocycles. The molecule has 1 aromatic carbocycles. The van der Waals surface area contributed by atoms with Gasteiger partial charge in [-0.15, -0.1) is 0 Å². The molecule has 13 heteroatoms. The number of hydrogen-bond acceptors (Lipinski definition) is 8. The Hall–Kier alpha value is -3.71. The number of rotatable bonds is 18. The number of phenolic OH excluding ortho intramolecular Hbond substituents is 1. The summed E-state index contributed by atoms with van der Waals surface area (Å²) in [7, 11) is 0. The number of aromatic hydroxyl groups is 1. The molecular formula is C26H41N5O8. The van der Waals surface area contributed by atoms with Gasteiger partial charge in [0.15, 0.2) is 0 Å². The lowest BCUT2D eigenvalue weighted by atomic mass is 10.0. The van der Waals surface area contributed by atoms with Gasteiger partial charge in [-0.05, 0) is 68.7 Å². The summed E-state index contributed by atoms with van der Waals surface area (Å²) >= 11 is 0. The van der Waals surface area contributed by atoms with Crippen molar-refractivity contribution >= 4 is 29.7 Å². The van der Waals surface area contributed by atoms with E-state index in [9.17, 15) is 34.2 Å². The zero-order valence-corrected chi connectivity index (χ0v) is 22.4. The van der Waals surface area contributed by atoms with Crippen LogP contribution in [0.5, 0.6) is 5.75 Å². The van der Waals surface area contributed by atoms with Gasteiger partial charge < -0.3 is 42.7 Å². The summed E-state index contributed by atoms with van der Waals surface area (Å²) in [5.41, 5.74) is 12.2. The Morgan fingerprint density at radius 2 is 1.36 bits per heavy atom. The van der Waals surface area contributed by atoms with Crippen LogP contribution in [0, 0.1) is 5.92 Å². The zero-order valence-electron chi connectivity index (χ0n) is 22.4. The number of nitrogens with two attached hydrogens (primary N) is 2. The second kappa shape index (κ2) is 17.0. The molecule has 0 heterocycles. The SMILES string of the molecule is CC(C)CC(NC(=O)C(CCCCN)NC(=O)C(CCC(=O)O)NC(=O)C(N)Cc1ccc(O)cc1)C(=O)O. The van der Waals surface area contributed by atoms with Crippen molar-refractivity contribution in [3.8, 4) is 5.75 Å². The zero-order chi connectivity index (χ0) is 29.5. The highest BCUT2D eigenvalue weighted by Crippen LogP contribution is 2.12. The van der Waals surface area contributed by atoms with Crippen molar-refractivity contribution in [2.45, 2.75) is 83.0 Å². The third kappa shape index (κ3) is 13.1. The fourth-order valence-electron chi connectivity index (χ4n) is 3.79. The number of amides is 3. The molecule has 218 valence electrons. The van der Waals surface area contributed by atoms with Crippen molar-refractivity contribution in [1.82, 2.24) is 16.0 Å². The first kappa shape index (κ1) is 33.3. The Kier molecular flexibility index (Phi) is 14.5. The van der Waals surface area contributed by atoms with E-state index in [1.165, 1.54) is 12.1 Å². The van der Waals surface area contributed by atoms with Crippen LogP contribution in [-0.4, -0.2) is 75.7 Å². The Balaban J connectivity index is 3.01. The van der Waals surface area contributed by atoms with Crippen LogP contribution >= 0.6 is 0 Å². The van der Waals surface area contributed by atoms with Crippen LogP contribution < -0.4 is 27.4 Å². The lowest BCUT2D eigenvalue weighted by molar-refractivity contribution is -0.142. The molecule has 4 unspecified atom stereocenters. The van der Waals surface area contributed by atoms with Crippen molar-refractivity contribution < 1.29 is 39.3 Å². The molecule has 13 nitrogen and oxygen atoms in total. The van der Waals surface area contributed by atoms with E-state index >= 15 is 0 Å². The molecule has 0 aliphatic rings. The Morgan fingerprint density at radius 3 is 1.87 bits per heavy atom. The van der Waals surface area contributed by atoms with Crippen molar-refractivity contribution in [3.63, 3.8) is 0 Å². The Morgan fingerprint density at radius 1 is 0.821 bits per heavy atom. The number of carboxylic acids is 2. The van der Waals surface area contributed by atoms with Gasteiger partial charge in [-0.2, -0.15) is 0 Å². The summed E-state index contributed by atoms with van der Waals surface area (Å²) in [6.07, 6.45) is 0.741. The van der Waals surface area contributed by atoms with Gasteiger partial charge in [0.1, 0.15) is 23.9 Å². The minimum atomic E-state index is -1.31. The summed E-state index contributed by atoms with van der Waals surface area (Å²) in [5.74, 6) is -4.58. The highest BCUT2D eigenvalue weighted by Gasteiger charge is 2.30. The summed E-state index contributed by atoms with van der Waals surface area (Å²) in [4.78, 5) is 61.7. The number of carbonyl (C=O) groups excluding carboxylic acids is 3. The summed E-state index contributed by atoms with van der Waals surface area (Å²) in [5, 5.41) is 35.5. The van der Waals surface area contributed by atoms with Crippen molar-refractivity contribution in [3.05, 3.63) is 29.8 Å². The van der Waals surface area contributed by atoms with Gasteiger partial charge in [0.05, 0.1) is 6.04 Å². The smallest absolute Gasteiger partial charge is 0.326 e. The third-order valence-electron chi connectivity index (χ3n) is 5.91. The lowest BCUT2D eigenvalue weighted by Gasteiger charge is -2.25. The van der Waals surface area contributed by atoms with E-state index in [4.69, 9.17) is 16.6 Å². The monoisotopic (exact) mass is 551 g/mol. The third-order valence-corrected chi connectivity index (χ3v) is 5.91. The quantitative estimate of drug-likeness (QED) is 0.112. The van der Waals surface area contributed by atoms with Crippen LogP contribution in [-0.2, 0) is 30.4 Å². The number of nitrogens with one attached hydrogen (secondary N) is 3. The number of benzene rings is 1. The van der Waals surface area contributed by atoms with Gasteiger partial charge in [0.25, 0.3) is 0 Å². The van der Waals surface area contributed by atoms with Gasteiger partial charge in [-0.3, -0.25) is 19.2 Å². The van der Waals surface area contributed by atoms with Crippen LogP contribution in [0.15, 0.2) is 24.3 Å². The van der Waals surface area contributed by atoms with Crippen LogP contribution in [0.25, 0.3) is 0 Å². The Bertz CT molecular complexity index is 970. The molecular weight excluding hydrogens is 510 g/mol. The van der Waals surface area contributed by atoms with E-state index in [0.29, 0.717) is 24.9 Å². The van der Waals surface area contributed by atoms with E-state index < -0.39 is 60.2 Å². The topological polar surface area (TPSA) is 234 Å². The molecule has 0 saturated carbocycles. The fraction of sp³-hybridized carbons (Fsp3) is 0.577. The normalized spacial score (nSPS) is 14.1. The molecule has 0 aromatic heterocycles. The van der Waals surface area contributed by atoms with E-state index in [1.807, 2.05) is 13.8 Å². The molecule has 1 aromatic rings. The average molecular weight is 552 g/mol. The number of phenols is 1. The predicted molar refractivity (Wildman–Crippen MR) is 142 cm³/mol. The summed E-state index contributed by atoms with van der Waals surface area (Å²) in [6, 6.07) is 1.38. The minimum Gasteiger partial charge on any atom is -0.508 e. The van der Waals surface area contributed by atoms with Crippen LogP contribution in [0.2, 0.25) is 0 Å². The maximum atomic E-state index is 13.1. The number of unbranched alkanes of at least 4 members (excludes halogenated alkanes) is 1. The van der Waals surface area contributed by atoms with E-state index in [1.54, 1.807) is 12.1 Å². The van der Waals surface area contributed by atoms with E-state index in [-0.39, 0.29) is 37.4 Å². The minimum absolute atomic E-state index is 0.0157. The van der Waals surface area contributed by atoms with Crippen molar-refractivity contribution in [2.75, 3.05) is 6.54 Å². The largest absolute Gasteiger partial charge is 0.508 e. The molecule has 0 spiro atoms. The van der Waals surface area contributed by atoms with Crippen LogP contribution in [0.1, 0.15) is 57.9 Å². The molecule has 4 atom stereocenters. The molecule has 0 aliphatic carbocycles. The molecule has 1 rings (SSSR count). The predicted octanol–water partition coefficient (Wildman–Crippen LogP) is -0.159. The first-order valence-electron chi connectivity index (χ1n) is 12.9. The van der Waals surface area contributed by atoms with Gasteiger partial charge >= 0.3 is 11.9 Å². The standard InChI is InChI=1S/C26H41N5O8/c1-15(2)13-21(26(38)39)31-24(36)19(5-3-4-12-27)30-25(37)20(10-11-22(33)34)29-23(35)18(28)14-16-6-8-17(32)9-7-16/h6-9,15,18-21,32H,3-5,10-14,27-28H2,1-2H3,(H,29,35)(H,30,37)(H,31,36)(H,33,34)(H,38,39). The van der Waals surface area contributed by atoms with Gasteiger partial charge in [-0.1, -0.05) is 26.0 Å². The number of carbonyl (C=O) groups is 5. The molecule has 39 heavy (non-hydrogen) atoms. The van der Waals surface area contributed by atoms with Crippen molar-refractivity contribution in [1.29, 1.82) is 0 Å². The number of aliphatic carboxylic acids is 2. The second-order valence-corrected chi connectivity index (χ2v) is 9.85. The highest BCUT2D eigenvalue weighted by atomic mass is 16.4. The summed E-state index contributed by atoms with van der Waals surface area (Å²) < 4.78 is 0. The summed E-state index contributed by atoms with van der Waals surface area (Å²) in [6.45, 7) is 3.97.